The summed E-state index contributed by atoms with van der Waals surface area (Å²) in [5.74, 6) is -0.461. The summed E-state index contributed by atoms with van der Waals surface area (Å²) in [6.07, 6.45) is 3.99. The van der Waals surface area contributed by atoms with E-state index in [0.29, 0.717) is 10.9 Å². The van der Waals surface area contributed by atoms with Gasteiger partial charge in [0, 0.05) is 23.0 Å². The maximum absolute atomic E-state index is 12.1. The Kier molecular flexibility index (Phi) is 5.01. The molecule has 0 spiro atoms. The van der Waals surface area contributed by atoms with Crippen molar-refractivity contribution in [1.82, 2.24) is 4.57 Å². The molecule has 0 amide bonds. The highest BCUT2D eigenvalue weighted by Gasteiger charge is 2.07. The van der Waals surface area contributed by atoms with Crippen molar-refractivity contribution < 1.29 is 9.63 Å². The topological polar surface area (TPSA) is 43.6 Å². The molecule has 0 aliphatic carbocycles. The smallest absolute Gasteiger partial charge is 0.348 e. The van der Waals surface area contributed by atoms with Crippen LogP contribution < -0.4 is 5.36 Å². The Morgan fingerprint density at radius 3 is 2.67 bits per heavy atom. The van der Waals surface area contributed by atoms with Crippen LogP contribution in [0.1, 0.15) is 17.3 Å². The number of carbonyl (C=O) groups excluding carboxylic acids is 1. The molecule has 0 fully saturated rings. The number of rotatable bonds is 4. The van der Waals surface area contributed by atoms with Gasteiger partial charge >= 0.3 is 5.97 Å². The molecular weight excluding hydrogens is 320 g/mol. The van der Waals surface area contributed by atoms with Crippen LogP contribution >= 0.6 is 11.8 Å². The Morgan fingerprint density at radius 2 is 1.96 bits per heavy atom. The van der Waals surface area contributed by atoms with E-state index in [2.05, 4.69) is 34.8 Å². The van der Waals surface area contributed by atoms with Crippen LogP contribution in [-0.2, 0) is 11.4 Å². The van der Waals surface area contributed by atoms with Crippen LogP contribution in [0.5, 0.6) is 0 Å². The van der Waals surface area contributed by atoms with E-state index < -0.39 is 5.97 Å². The molecule has 2 aromatic carbocycles. The summed E-state index contributed by atoms with van der Waals surface area (Å²) in [5, 5.41) is 5.70. The van der Waals surface area contributed by atoms with Gasteiger partial charge in [-0.25, -0.2) is 4.79 Å². The van der Waals surface area contributed by atoms with Crippen molar-refractivity contribution in [2.24, 2.45) is 5.16 Å². The lowest BCUT2D eigenvalue weighted by Crippen LogP contribution is -2.11. The van der Waals surface area contributed by atoms with Crippen LogP contribution in [-0.4, -0.2) is 16.8 Å². The number of benzene rings is 2. The van der Waals surface area contributed by atoms with Gasteiger partial charge in [0.1, 0.15) is 5.36 Å². The number of aryl methyl sites for hydroxylation is 1. The number of hydrogen-bond donors (Lipinski definition) is 0. The van der Waals surface area contributed by atoms with Gasteiger partial charge in [-0.3, -0.25) is 0 Å². The fourth-order valence-corrected chi connectivity index (χ4v) is 2.94. The molecule has 0 saturated carbocycles. The molecule has 0 aliphatic heterocycles. The minimum absolute atomic E-state index is 0.461. The zero-order chi connectivity index (χ0) is 16.9. The van der Waals surface area contributed by atoms with Crippen LogP contribution in [0.3, 0.4) is 0 Å². The van der Waals surface area contributed by atoms with Crippen molar-refractivity contribution in [3.05, 3.63) is 71.7 Å². The first-order valence-corrected chi connectivity index (χ1v) is 8.93. The van der Waals surface area contributed by atoms with Gasteiger partial charge in [0.05, 0.1) is 11.1 Å². The summed E-state index contributed by atoms with van der Waals surface area (Å²) < 4.78 is 2.14. The molecule has 5 heteroatoms. The molecule has 122 valence electrons. The van der Waals surface area contributed by atoms with E-state index in [4.69, 9.17) is 4.84 Å². The number of aromatic nitrogens is 1. The highest BCUT2D eigenvalue weighted by molar-refractivity contribution is 7.98. The lowest BCUT2D eigenvalue weighted by Gasteiger charge is -2.09. The number of pyridine rings is 1. The number of hydrogen-bond acceptors (Lipinski definition) is 4. The molecule has 1 heterocycles. The number of thioether (sulfide) groups is 1. The van der Waals surface area contributed by atoms with Gasteiger partial charge in [-0.2, -0.15) is 0 Å². The zero-order valence-electron chi connectivity index (χ0n) is 13.6. The number of fused-ring (bicyclic) bond motifs is 1. The number of carbonyl (C=O) groups is 1. The van der Waals surface area contributed by atoms with Crippen molar-refractivity contribution in [1.29, 1.82) is 0 Å². The van der Waals surface area contributed by atoms with Gasteiger partial charge in [-0.1, -0.05) is 23.4 Å². The van der Waals surface area contributed by atoms with Gasteiger partial charge in [-0.05, 0) is 49.6 Å². The summed E-state index contributed by atoms with van der Waals surface area (Å²) in [6.45, 7) is 2.95. The zero-order valence-corrected chi connectivity index (χ0v) is 14.4. The molecule has 0 saturated heterocycles. The summed E-state index contributed by atoms with van der Waals surface area (Å²) >= 11 is 1.67. The predicted molar refractivity (Wildman–Crippen MR) is 96.8 cm³/mol. The Bertz CT molecular complexity index is 933. The summed E-state index contributed by atoms with van der Waals surface area (Å²) in [7, 11) is 0. The van der Waals surface area contributed by atoms with Crippen LogP contribution in [0, 0.1) is 0 Å². The summed E-state index contributed by atoms with van der Waals surface area (Å²) in [4.78, 5) is 18.4. The van der Waals surface area contributed by atoms with Crippen molar-refractivity contribution in [3.8, 4) is 0 Å². The third-order valence-corrected chi connectivity index (χ3v) is 4.50. The van der Waals surface area contributed by atoms with Crippen molar-refractivity contribution in [2.75, 3.05) is 6.26 Å². The van der Waals surface area contributed by atoms with Gasteiger partial charge in [0.2, 0.25) is 0 Å². The monoisotopic (exact) mass is 338 g/mol. The van der Waals surface area contributed by atoms with Crippen molar-refractivity contribution in [3.63, 3.8) is 0 Å². The Labute approximate surface area is 144 Å². The Hall–Kier alpha value is -2.53. The first kappa shape index (κ1) is 16.3. The fourth-order valence-electron chi connectivity index (χ4n) is 2.50. The van der Waals surface area contributed by atoms with E-state index in [1.165, 1.54) is 0 Å². The van der Waals surface area contributed by atoms with E-state index in [1.54, 1.807) is 36.0 Å². The molecule has 3 aromatic rings. The van der Waals surface area contributed by atoms with E-state index in [0.717, 1.165) is 22.3 Å². The van der Waals surface area contributed by atoms with Crippen LogP contribution in [0.15, 0.2) is 70.8 Å². The largest absolute Gasteiger partial charge is 0.365 e. The Balaban J connectivity index is 2.03. The molecule has 0 unspecified atom stereocenters. The minimum atomic E-state index is -0.461. The van der Waals surface area contributed by atoms with Gasteiger partial charge in [0.25, 0.3) is 0 Å². The van der Waals surface area contributed by atoms with E-state index in [1.807, 2.05) is 24.6 Å². The summed E-state index contributed by atoms with van der Waals surface area (Å²) in [5.41, 5.74) is 1.54. The summed E-state index contributed by atoms with van der Waals surface area (Å²) in [6, 6.07) is 17.0. The molecule has 0 aliphatic rings. The fraction of sp³-hybridized carbons (Fsp3) is 0.158. The first-order valence-electron chi connectivity index (χ1n) is 7.70. The second-order valence-electron chi connectivity index (χ2n) is 5.21. The maximum Gasteiger partial charge on any atom is 0.365 e. The third-order valence-electron chi connectivity index (χ3n) is 3.78. The van der Waals surface area contributed by atoms with Crippen LogP contribution in [0.4, 0.5) is 0 Å². The number of nitrogens with zero attached hydrogens (tertiary/aromatic N) is 2. The normalized spacial score (nSPS) is 11.7. The molecule has 0 radical (unpaired) electrons. The molecule has 1 aromatic heterocycles. The van der Waals surface area contributed by atoms with Crippen molar-refractivity contribution >= 4 is 28.6 Å². The van der Waals surface area contributed by atoms with Gasteiger partial charge in [0.15, 0.2) is 0 Å². The van der Waals surface area contributed by atoms with Crippen molar-refractivity contribution in [2.45, 2.75) is 18.4 Å². The average molecular weight is 338 g/mol. The second kappa shape index (κ2) is 7.36. The van der Waals surface area contributed by atoms with Gasteiger partial charge in [-0.15, -0.1) is 11.8 Å². The van der Waals surface area contributed by atoms with E-state index in [-0.39, 0.29) is 0 Å². The molecule has 24 heavy (non-hydrogen) atoms. The standard InChI is InChI=1S/C19H18N2O2S/c1-3-21-12-11-17(16-13-15(24-2)9-10-18(16)21)20-23-19(22)14-7-5-4-6-8-14/h4-13H,3H2,1-2H3/b20-17+. The van der Waals surface area contributed by atoms with E-state index >= 15 is 0 Å². The average Bonchev–Trinajstić information content (AvgIpc) is 2.66. The Morgan fingerprint density at radius 1 is 1.17 bits per heavy atom. The molecular formula is C19H18N2O2S. The maximum atomic E-state index is 12.1. The first-order chi connectivity index (χ1) is 11.7. The third kappa shape index (κ3) is 3.36. The molecule has 0 atom stereocenters. The molecule has 0 N–H and O–H groups in total. The van der Waals surface area contributed by atoms with Crippen LogP contribution in [0.25, 0.3) is 10.9 Å². The molecule has 3 rings (SSSR count). The molecule has 0 bridgehead atoms. The lowest BCUT2D eigenvalue weighted by atomic mass is 10.2. The van der Waals surface area contributed by atoms with Crippen LogP contribution in [0.2, 0.25) is 0 Å². The lowest BCUT2D eigenvalue weighted by molar-refractivity contribution is 0.0498. The second-order valence-corrected chi connectivity index (χ2v) is 6.09. The van der Waals surface area contributed by atoms with Gasteiger partial charge < -0.3 is 9.40 Å². The molecule has 4 nitrogen and oxygen atoms in total. The van der Waals surface area contributed by atoms with E-state index in [9.17, 15) is 4.79 Å². The highest BCUT2D eigenvalue weighted by Crippen LogP contribution is 2.19. The SMILES string of the molecule is CCn1cc/c(=N\OC(=O)c2ccccc2)c2cc(SC)ccc21. The minimum Gasteiger partial charge on any atom is -0.348 e. The quantitative estimate of drug-likeness (QED) is 0.409. The predicted octanol–water partition coefficient (Wildman–Crippen LogP) is 4.06. The highest BCUT2D eigenvalue weighted by atomic mass is 32.2.